The molecule has 1 aliphatic heterocycles. The highest BCUT2D eigenvalue weighted by molar-refractivity contribution is 7.71. The van der Waals surface area contributed by atoms with Crippen LogP contribution in [-0.4, -0.2) is 46.1 Å². The number of nitrogens with one attached hydrogen (secondary N) is 1. The smallest absolute Gasteiger partial charge is 0.203 e. The molecular weight excluding hydrogens is 298 g/mol. The summed E-state index contributed by atoms with van der Waals surface area (Å²) in [7, 11) is 1.70. The van der Waals surface area contributed by atoms with Crippen molar-refractivity contribution in [2.45, 2.75) is 26.1 Å². The summed E-state index contributed by atoms with van der Waals surface area (Å²) in [5.41, 5.74) is 1.03. The minimum absolute atomic E-state index is 0.620. The van der Waals surface area contributed by atoms with Gasteiger partial charge in [0.15, 0.2) is 12.5 Å². The van der Waals surface area contributed by atoms with Crippen molar-refractivity contribution in [3.63, 3.8) is 0 Å². The van der Waals surface area contributed by atoms with Crippen LogP contribution in [0.1, 0.15) is 12.8 Å². The molecule has 2 aromatic rings. The third kappa shape index (κ3) is 3.26. The molecule has 0 amide bonds. The number of aromatic nitrogens is 4. The Labute approximate surface area is 135 Å². The van der Waals surface area contributed by atoms with Crippen molar-refractivity contribution in [3.05, 3.63) is 29.3 Å². The third-order valence-corrected chi connectivity index (χ3v) is 4.50. The second-order valence-corrected chi connectivity index (χ2v) is 5.97. The van der Waals surface area contributed by atoms with Gasteiger partial charge in [-0.1, -0.05) is 0 Å². The molecule has 0 radical (unpaired) electrons. The van der Waals surface area contributed by atoms with E-state index in [1.54, 1.807) is 24.4 Å². The van der Waals surface area contributed by atoms with E-state index in [-0.39, 0.29) is 0 Å². The van der Waals surface area contributed by atoms with Crippen molar-refractivity contribution in [1.29, 1.82) is 0 Å². The lowest BCUT2D eigenvalue weighted by molar-refractivity contribution is -0.911. The van der Waals surface area contributed by atoms with Crippen molar-refractivity contribution < 1.29 is 9.64 Å². The molecule has 0 atom stereocenters. The number of rotatable bonds is 6. The fraction of sp³-hybridized carbons (Fsp3) is 0.533. The van der Waals surface area contributed by atoms with E-state index in [2.05, 4.69) is 9.55 Å². The van der Waals surface area contributed by atoms with Crippen molar-refractivity contribution in [3.8, 4) is 11.4 Å². The standard InChI is InChI=1S/C15H21N5OS/c1-21-11-10-19-14(13-4-6-16-7-5-13)17-20(15(19)22)12-18-8-2-3-9-18/h4-7H,2-3,8-12H2,1H3/p+1. The second-order valence-electron chi connectivity index (χ2n) is 5.60. The molecule has 2 aromatic heterocycles. The molecule has 0 unspecified atom stereocenters. The van der Waals surface area contributed by atoms with Crippen molar-refractivity contribution in [2.24, 2.45) is 0 Å². The van der Waals surface area contributed by atoms with E-state index < -0.39 is 0 Å². The lowest BCUT2D eigenvalue weighted by Gasteiger charge is -2.11. The van der Waals surface area contributed by atoms with E-state index in [9.17, 15) is 0 Å². The zero-order valence-corrected chi connectivity index (χ0v) is 13.7. The van der Waals surface area contributed by atoms with Crippen molar-refractivity contribution >= 4 is 12.2 Å². The summed E-state index contributed by atoms with van der Waals surface area (Å²) in [6.45, 7) is 4.59. The monoisotopic (exact) mass is 320 g/mol. The third-order valence-electron chi connectivity index (χ3n) is 4.06. The van der Waals surface area contributed by atoms with E-state index in [1.165, 1.54) is 25.9 Å². The summed E-state index contributed by atoms with van der Waals surface area (Å²) >= 11 is 5.64. The van der Waals surface area contributed by atoms with Gasteiger partial charge in [-0.05, 0) is 24.4 Å². The number of hydrogen-bond acceptors (Lipinski definition) is 4. The van der Waals surface area contributed by atoms with E-state index >= 15 is 0 Å². The molecule has 1 saturated heterocycles. The Morgan fingerprint density at radius 3 is 2.68 bits per heavy atom. The van der Waals surface area contributed by atoms with Gasteiger partial charge in [0.05, 0.1) is 26.2 Å². The van der Waals surface area contributed by atoms with Crippen LogP contribution in [0.5, 0.6) is 0 Å². The molecule has 1 fully saturated rings. The zero-order chi connectivity index (χ0) is 15.4. The van der Waals surface area contributed by atoms with Crippen LogP contribution in [0.3, 0.4) is 0 Å². The molecular formula is C15H22N5OS+. The molecule has 1 aliphatic rings. The van der Waals surface area contributed by atoms with E-state index in [0.29, 0.717) is 13.2 Å². The summed E-state index contributed by atoms with van der Waals surface area (Å²) in [6.07, 6.45) is 6.15. The molecule has 22 heavy (non-hydrogen) atoms. The number of methoxy groups -OCH3 is 1. The van der Waals surface area contributed by atoms with Gasteiger partial charge in [-0.3, -0.25) is 9.55 Å². The summed E-state index contributed by atoms with van der Waals surface area (Å²) < 4.78 is 10.00. The van der Waals surface area contributed by atoms with Gasteiger partial charge in [0, 0.05) is 37.9 Å². The Morgan fingerprint density at radius 1 is 1.27 bits per heavy atom. The summed E-state index contributed by atoms with van der Waals surface area (Å²) in [4.78, 5) is 5.63. The number of hydrogen-bond donors (Lipinski definition) is 1. The van der Waals surface area contributed by atoms with Gasteiger partial charge in [-0.15, -0.1) is 5.10 Å². The fourth-order valence-electron chi connectivity index (χ4n) is 2.89. The first-order chi connectivity index (χ1) is 10.8. The van der Waals surface area contributed by atoms with E-state index in [1.807, 2.05) is 16.8 Å². The molecule has 0 aliphatic carbocycles. The van der Waals surface area contributed by atoms with Gasteiger partial charge in [-0.25, -0.2) is 0 Å². The molecule has 6 nitrogen and oxygen atoms in total. The van der Waals surface area contributed by atoms with Crippen LogP contribution in [0.25, 0.3) is 11.4 Å². The lowest BCUT2D eigenvalue weighted by Crippen LogP contribution is -3.09. The van der Waals surface area contributed by atoms with Gasteiger partial charge in [0.2, 0.25) is 4.77 Å². The average molecular weight is 320 g/mol. The minimum Gasteiger partial charge on any atom is -0.383 e. The van der Waals surface area contributed by atoms with Crippen LogP contribution in [0.15, 0.2) is 24.5 Å². The van der Waals surface area contributed by atoms with Crippen LogP contribution in [-0.2, 0) is 18.0 Å². The highest BCUT2D eigenvalue weighted by atomic mass is 32.1. The SMILES string of the molecule is COCCn1c(-c2ccncc2)nn(C[NH+]2CCCC2)c1=S. The lowest BCUT2D eigenvalue weighted by atomic mass is 10.2. The molecule has 3 rings (SSSR count). The Hall–Kier alpha value is -1.57. The van der Waals surface area contributed by atoms with Crippen molar-refractivity contribution in [2.75, 3.05) is 26.8 Å². The molecule has 3 heterocycles. The first-order valence-electron chi connectivity index (χ1n) is 7.70. The van der Waals surface area contributed by atoms with E-state index in [4.69, 9.17) is 22.1 Å². The number of nitrogens with zero attached hydrogens (tertiary/aromatic N) is 4. The number of pyridine rings is 1. The van der Waals surface area contributed by atoms with Gasteiger partial charge < -0.3 is 9.64 Å². The maximum atomic E-state index is 5.64. The quantitative estimate of drug-likeness (QED) is 0.799. The second kappa shape index (κ2) is 7.13. The van der Waals surface area contributed by atoms with E-state index in [0.717, 1.165) is 22.8 Å². The summed E-state index contributed by atoms with van der Waals surface area (Å²) in [5, 5.41) is 4.77. The molecule has 0 bridgehead atoms. The Balaban J connectivity index is 1.94. The average Bonchev–Trinajstić information content (AvgIpc) is 3.16. The Morgan fingerprint density at radius 2 is 2.00 bits per heavy atom. The Bertz CT molecular complexity index is 660. The molecule has 1 N–H and O–H groups in total. The molecule has 0 saturated carbocycles. The topological polar surface area (TPSA) is 49.3 Å². The molecule has 7 heteroatoms. The zero-order valence-electron chi connectivity index (χ0n) is 12.9. The highest BCUT2D eigenvalue weighted by Crippen LogP contribution is 2.17. The number of quaternary nitrogens is 1. The van der Waals surface area contributed by atoms with Gasteiger partial charge in [0.25, 0.3) is 0 Å². The predicted octanol–water partition coefficient (Wildman–Crippen LogP) is 0.759. The molecule has 0 aromatic carbocycles. The maximum absolute atomic E-state index is 5.64. The van der Waals surface area contributed by atoms with Gasteiger partial charge in [-0.2, -0.15) is 4.68 Å². The summed E-state index contributed by atoms with van der Waals surface area (Å²) in [6, 6.07) is 3.93. The van der Waals surface area contributed by atoms with Crippen LogP contribution >= 0.6 is 12.2 Å². The Kier molecular flexibility index (Phi) is 4.97. The fourth-order valence-corrected chi connectivity index (χ4v) is 3.17. The van der Waals surface area contributed by atoms with Gasteiger partial charge >= 0.3 is 0 Å². The number of likely N-dealkylation sites (tertiary alicyclic amines) is 1. The van der Waals surface area contributed by atoms with Crippen LogP contribution in [0, 0.1) is 4.77 Å². The van der Waals surface area contributed by atoms with Crippen LogP contribution in [0.4, 0.5) is 0 Å². The molecule has 0 spiro atoms. The predicted molar refractivity (Wildman–Crippen MR) is 86.1 cm³/mol. The first-order valence-corrected chi connectivity index (χ1v) is 8.11. The van der Waals surface area contributed by atoms with Crippen LogP contribution < -0.4 is 4.90 Å². The molecule has 118 valence electrons. The number of ether oxygens (including phenoxy) is 1. The summed E-state index contributed by atoms with van der Waals surface area (Å²) in [5.74, 6) is 0.892. The first kappa shape index (κ1) is 15.3. The van der Waals surface area contributed by atoms with Crippen molar-refractivity contribution in [1.82, 2.24) is 19.3 Å². The normalized spacial score (nSPS) is 15.5. The van der Waals surface area contributed by atoms with Gasteiger partial charge in [0.1, 0.15) is 0 Å². The van der Waals surface area contributed by atoms with Crippen LogP contribution in [0.2, 0.25) is 0 Å². The minimum atomic E-state index is 0.620. The maximum Gasteiger partial charge on any atom is 0.203 e. The highest BCUT2D eigenvalue weighted by Gasteiger charge is 2.19. The largest absolute Gasteiger partial charge is 0.383 e.